The van der Waals surface area contributed by atoms with Gasteiger partial charge in [0.05, 0.1) is 0 Å². The van der Waals surface area contributed by atoms with E-state index in [1.807, 2.05) is 0 Å². The van der Waals surface area contributed by atoms with Gasteiger partial charge in [0.15, 0.2) is 0 Å². The monoisotopic (exact) mass is 402 g/mol. The van der Waals surface area contributed by atoms with E-state index in [0.29, 0.717) is 0 Å². The van der Waals surface area contributed by atoms with E-state index in [1.54, 1.807) is 0 Å². The summed E-state index contributed by atoms with van der Waals surface area (Å²) in [5.41, 5.74) is 0. The fraction of sp³-hybridized carbons (Fsp3) is 0. The molecule has 0 aliphatic heterocycles. The van der Waals surface area contributed by atoms with Gasteiger partial charge in [-0.1, -0.05) is 0 Å². The van der Waals surface area contributed by atoms with Crippen LogP contribution >= 0.6 is 0 Å². The molecule has 0 heterocycles. The number of hydrogen-bond acceptors (Lipinski definition) is 0. The van der Waals surface area contributed by atoms with Gasteiger partial charge in [0.2, 0.25) is 0 Å². The summed E-state index contributed by atoms with van der Waals surface area (Å²) in [6, 6.07) is 0. The second kappa shape index (κ2) is 16.1. The molecule has 0 spiro atoms. The van der Waals surface area contributed by atoms with Crippen LogP contribution in [0.1, 0.15) is 5.71 Å². The van der Waals surface area contributed by atoms with Gasteiger partial charge >= 0.3 is 71.9 Å². The van der Waals surface area contributed by atoms with Gasteiger partial charge in [-0.25, -0.2) is 0 Å². The maximum absolute atomic E-state index is 0. The van der Waals surface area contributed by atoms with Gasteiger partial charge < -0.3 is 5.71 Å². The largest absolute Gasteiger partial charge is 2.00 e. The SMILES string of the molecule is [Ba+2].[H-].[H-].[H-].[H-].[Mg+2].[Pb].[Si]. The third kappa shape index (κ3) is 9.08. The molecule has 0 fully saturated rings. The van der Waals surface area contributed by atoms with E-state index in [-0.39, 0.29) is 116 Å². The summed E-state index contributed by atoms with van der Waals surface area (Å²) in [6.45, 7) is 0. The molecule has 0 nitrogen and oxygen atoms in total. The summed E-state index contributed by atoms with van der Waals surface area (Å²) in [5, 5.41) is 0. The minimum atomic E-state index is 0. The molecule has 0 aromatic rings. The molecule has 4 heavy (non-hydrogen) atoms. The van der Waals surface area contributed by atoms with Crippen molar-refractivity contribution in [3.05, 3.63) is 0 Å². The van der Waals surface area contributed by atoms with Crippen LogP contribution < -0.4 is 0 Å². The first-order valence-electron chi connectivity index (χ1n) is 0. The Bertz CT molecular complexity index is 16.0. The van der Waals surface area contributed by atoms with E-state index < -0.39 is 0 Å². The molecular weight excluding hydrogens is 397 g/mol. The zero-order valence-electron chi connectivity index (χ0n) is 6.41. The molecule has 0 unspecified atom stereocenters. The molecule has 0 aromatic heterocycles. The van der Waals surface area contributed by atoms with Gasteiger partial charge in [0.1, 0.15) is 0 Å². The number of hydrogen-bond donors (Lipinski definition) is 0. The fourth-order valence-electron chi connectivity index (χ4n) is 0. The molecule has 0 aliphatic carbocycles. The van der Waals surface area contributed by atoms with Crippen LogP contribution in [0.3, 0.4) is 0 Å². The van der Waals surface area contributed by atoms with Crippen molar-refractivity contribution in [2.75, 3.05) is 0 Å². The Balaban J connectivity index is 0. The average molecular weight is 401 g/mol. The van der Waals surface area contributed by atoms with E-state index in [1.165, 1.54) is 0 Å². The average Bonchev–Trinajstić information content (AvgIpc) is 0. The summed E-state index contributed by atoms with van der Waals surface area (Å²) >= 11 is 0. The summed E-state index contributed by atoms with van der Waals surface area (Å²) < 4.78 is 0. The van der Waals surface area contributed by atoms with Gasteiger partial charge in [-0.05, 0) is 0 Å². The first-order chi connectivity index (χ1) is 0. The molecule has 0 saturated heterocycles. The van der Waals surface area contributed by atoms with Crippen molar-refractivity contribution in [3.8, 4) is 0 Å². The quantitative estimate of drug-likeness (QED) is 0.454. The molecule has 0 amide bonds. The first kappa shape index (κ1) is 25.9. The third-order valence-electron chi connectivity index (χ3n) is 0. The summed E-state index contributed by atoms with van der Waals surface area (Å²) in [4.78, 5) is 0. The Morgan fingerprint density at radius 3 is 1.25 bits per heavy atom. The Kier molecular flexibility index (Phi) is 104. The molecular formula is H4BaMgPbSi. The zero-order valence-corrected chi connectivity index (χ0v) is 13.2. The number of rotatable bonds is 0. The van der Waals surface area contributed by atoms with Gasteiger partial charge in [-0.3, -0.25) is 0 Å². The van der Waals surface area contributed by atoms with Crippen molar-refractivity contribution in [1.82, 2.24) is 0 Å². The molecule has 16 valence electrons. The standard InChI is InChI=1S/Ba.Mg.Pb.Si.4H/q2*+2;;;4*-1. The van der Waals surface area contributed by atoms with Crippen LogP contribution in [0, 0.1) is 0 Å². The van der Waals surface area contributed by atoms with Crippen molar-refractivity contribution in [2.45, 2.75) is 0 Å². The molecule has 0 aromatic carbocycles. The topological polar surface area (TPSA) is 0 Å². The van der Waals surface area contributed by atoms with Crippen LogP contribution in [0.25, 0.3) is 0 Å². The predicted octanol–water partition coefficient (Wildman–Crippen LogP) is -1.07. The summed E-state index contributed by atoms with van der Waals surface area (Å²) in [7, 11) is 0. The van der Waals surface area contributed by atoms with Crippen molar-refractivity contribution >= 4 is 110 Å². The molecule has 4 heteroatoms. The van der Waals surface area contributed by atoms with Gasteiger partial charge in [0, 0.05) is 38.3 Å². The smallest absolute Gasteiger partial charge is 1.00 e. The molecule has 0 aliphatic rings. The van der Waals surface area contributed by atoms with Crippen molar-refractivity contribution in [2.24, 2.45) is 0 Å². The van der Waals surface area contributed by atoms with Crippen LogP contribution in [0.5, 0.6) is 0 Å². The Labute approximate surface area is 113 Å². The van der Waals surface area contributed by atoms with Crippen LogP contribution in [-0.2, 0) is 0 Å². The van der Waals surface area contributed by atoms with Crippen molar-refractivity contribution in [3.63, 3.8) is 0 Å². The molecule has 8 radical (unpaired) electrons. The third-order valence-corrected chi connectivity index (χ3v) is 0. The molecule has 0 atom stereocenters. The second-order valence-corrected chi connectivity index (χ2v) is 0. The van der Waals surface area contributed by atoms with Crippen molar-refractivity contribution < 1.29 is 5.71 Å². The Morgan fingerprint density at radius 1 is 1.25 bits per heavy atom. The van der Waals surface area contributed by atoms with Gasteiger partial charge in [0.25, 0.3) is 0 Å². The Morgan fingerprint density at radius 2 is 1.25 bits per heavy atom. The minimum absolute atomic E-state index is 0. The van der Waals surface area contributed by atoms with Crippen LogP contribution in [-0.4, -0.2) is 110 Å². The normalized spacial score (nSPS) is 0. The van der Waals surface area contributed by atoms with Crippen LogP contribution in [0.4, 0.5) is 0 Å². The van der Waals surface area contributed by atoms with Gasteiger partial charge in [-0.2, -0.15) is 0 Å². The molecule has 0 rings (SSSR count). The Hall–Kier alpha value is 3.48. The fourth-order valence-corrected chi connectivity index (χ4v) is 0. The maximum atomic E-state index is 0. The van der Waals surface area contributed by atoms with Crippen molar-refractivity contribution in [1.29, 1.82) is 0 Å². The van der Waals surface area contributed by atoms with E-state index in [9.17, 15) is 0 Å². The van der Waals surface area contributed by atoms with E-state index in [0.717, 1.165) is 0 Å². The molecule has 0 N–H and O–H groups in total. The van der Waals surface area contributed by atoms with E-state index in [2.05, 4.69) is 0 Å². The molecule has 0 bridgehead atoms. The zero-order chi connectivity index (χ0) is 0. The first-order valence-corrected chi connectivity index (χ1v) is 0. The van der Waals surface area contributed by atoms with E-state index >= 15 is 0 Å². The van der Waals surface area contributed by atoms with Crippen LogP contribution in [0.2, 0.25) is 0 Å². The van der Waals surface area contributed by atoms with Gasteiger partial charge in [-0.15, -0.1) is 0 Å². The summed E-state index contributed by atoms with van der Waals surface area (Å²) in [6.07, 6.45) is 0. The van der Waals surface area contributed by atoms with E-state index in [4.69, 9.17) is 0 Å². The minimum Gasteiger partial charge on any atom is -1.00 e. The summed E-state index contributed by atoms with van der Waals surface area (Å²) in [5.74, 6) is 0. The van der Waals surface area contributed by atoms with Crippen LogP contribution in [0.15, 0.2) is 0 Å². The molecule has 0 saturated carbocycles. The predicted molar refractivity (Wildman–Crippen MR) is 27.5 cm³/mol. The maximum Gasteiger partial charge on any atom is 2.00 e. The second-order valence-electron chi connectivity index (χ2n) is 0.